The summed E-state index contributed by atoms with van der Waals surface area (Å²) in [7, 11) is 1.85. The van der Waals surface area contributed by atoms with Crippen molar-refractivity contribution >= 4 is 11.7 Å². The zero-order chi connectivity index (χ0) is 25.3. The maximum absolute atomic E-state index is 13.3. The highest BCUT2D eigenvalue weighted by Crippen LogP contribution is 2.21. The highest BCUT2D eigenvalue weighted by molar-refractivity contribution is 5.95. The van der Waals surface area contributed by atoms with E-state index in [4.69, 9.17) is 5.26 Å². The van der Waals surface area contributed by atoms with Gasteiger partial charge < -0.3 is 10.6 Å². The molecule has 1 amide bonds. The first-order valence-corrected chi connectivity index (χ1v) is 11.5. The number of carbonyl (C=O) groups is 1. The van der Waals surface area contributed by atoms with Crippen LogP contribution in [0.15, 0.2) is 79.3 Å². The first-order valence-electron chi connectivity index (χ1n) is 11.5. The van der Waals surface area contributed by atoms with Gasteiger partial charge in [0, 0.05) is 37.1 Å². The number of amides is 1. The van der Waals surface area contributed by atoms with Crippen LogP contribution in [0, 0.1) is 22.7 Å². The lowest BCUT2D eigenvalue weighted by molar-refractivity contribution is -0.117. The van der Waals surface area contributed by atoms with Gasteiger partial charge in [-0.1, -0.05) is 24.3 Å². The Morgan fingerprint density at radius 3 is 2.47 bits per heavy atom. The SMILES string of the molecule is Cn1cc(-c2ccc(NC(=O)C(CNCCc3ccc(C#N)cc3)c3cccc(C#N)c3)nc2)cn1. The first kappa shape index (κ1) is 24.3. The number of pyridine rings is 1. The van der Waals surface area contributed by atoms with Crippen LogP contribution in [-0.4, -0.2) is 33.8 Å². The van der Waals surface area contributed by atoms with Crippen molar-refractivity contribution in [1.82, 2.24) is 20.1 Å². The lowest BCUT2D eigenvalue weighted by atomic mass is 9.96. The van der Waals surface area contributed by atoms with Crippen molar-refractivity contribution in [3.05, 3.63) is 102 Å². The average Bonchev–Trinajstić information content (AvgIpc) is 3.35. The van der Waals surface area contributed by atoms with Crippen LogP contribution in [0.5, 0.6) is 0 Å². The van der Waals surface area contributed by atoms with Gasteiger partial charge in [0.15, 0.2) is 0 Å². The van der Waals surface area contributed by atoms with E-state index >= 15 is 0 Å². The van der Waals surface area contributed by atoms with E-state index in [1.54, 1.807) is 53.5 Å². The topological polar surface area (TPSA) is 119 Å². The number of nitrogens with zero attached hydrogens (tertiary/aromatic N) is 5. The minimum absolute atomic E-state index is 0.211. The third kappa shape index (κ3) is 6.20. The number of aryl methyl sites for hydroxylation is 1. The molecule has 0 aliphatic heterocycles. The average molecular weight is 476 g/mol. The molecule has 2 aromatic heterocycles. The molecule has 8 nitrogen and oxygen atoms in total. The number of nitriles is 2. The van der Waals surface area contributed by atoms with Gasteiger partial charge in [-0.2, -0.15) is 15.6 Å². The van der Waals surface area contributed by atoms with Gasteiger partial charge >= 0.3 is 0 Å². The number of aromatic nitrogens is 3. The summed E-state index contributed by atoms with van der Waals surface area (Å²) in [5.41, 5.74) is 4.84. The number of rotatable bonds is 9. The van der Waals surface area contributed by atoms with Crippen LogP contribution >= 0.6 is 0 Å². The molecule has 0 bridgehead atoms. The molecule has 2 heterocycles. The maximum Gasteiger partial charge on any atom is 0.234 e. The number of anilines is 1. The fourth-order valence-corrected chi connectivity index (χ4v) is 3.83. The standard InChI is InChI=1S/C28H25N7O/c1-35-19-25(17-33-35)24-9-10-27(32-16-24)34-28(36)26(23-4-2-3-22(13-23)15-30)18-31-12-11-20-5-7-21(14-29)8-6-20/h2-10,13,16-17,19,26,31H,11-12,18H2,1H3,(H,32,34,36). The highest BCUT2D eigenvalue weighted by atomic mass is 16.2. The summed E-state index contributed by atoms with van der Waals surface area (Å²) in [5.74, 6) is -0.275. The minimum atomic E-state index is -0.515. The summed E-state index contributed by atoms with van der Waals surface area (Å²) in [5, 5.41) is 28.7. The molecule has 0 saturated carbocycles. The molecule has 1 atom stereocenters. The molecule has 4 rings (SSSR count). The molecular weight excluding hydrogens is 450 g/mol. The molecule has 4 aromatic rings. The lowest BCUT2D eigenvalue weighted by Crippen LogP contribution is -2.32. The first-order chi connectivity index (χ1) is 17.6. The van der Waals surface area contributed by atoms with Gasteiger partial charge in [0.1, 0.15) is 5.82 Å². The van der Waals surface area contributed by atoms with Crippen molar-refractivity contribution < 1.29 is 4.79 Å². The van der Waals surface area contributed by atoms with Crippen molar-refractivity contribution in [1.29, 1.82) is 10.5 Å². The number of nitrogens with one attached hydrogen (secondary N) is 2. The van der Waals surface area contributed by atoms with Gasteiger partial charge in [-0.05, 0) is 60.5 Å². The lowest BCUT2D eigenvalue weighted by Gasteiger charge is -2.18. The van der Waals surface area contributed by atoms with E-state index in [2.05, 4.69) is 32.9 Å². The summed E-state index contributed by atoms with van der Waals surface area (Å²) in [6.45, 7) is 1.05. The van der Waals surface area contributed by atoms with E-state index in [1.165, 1.54) is 0 Å². The molecule has 0 saturated heterocycles. The summed E-state index contributed by atoms with van der Waals surface area (Å²) >= 11 is 0. The van der Waals surface area contributed by atoms with Crippen LogP contribution in [0.2, 0.25) is 0 Å². The molecule has 0 fully saturated rings. The normalized spacial score (nSPS) is 11.3. The Bertz CT molecular complexity index is 1410. The Morgan fingerprint density at radius 2 is 1.81 bits per heavy atom. The van der Waals surface area contributed by atoms with Gasteiger partial charge in [-0.3, -0.25) is 9.48 Å². The number of carbonyl (C=O) groups excluding carboxylic acids is 1. The Labute approximate surface area is 209 Å². The van der Waals surface area contributed by atoms with Crippen molar-refractivity contribution in [2.24, 2.45) is 7.05 Å². The summed E-state index contributed by atoms with van der Waals surface area (Å²) in [6.07, 6.45) is 6.12. The number of hydrogen-bond acceptors (Lipinski definition) is 6. The molecule has 0 radical (unpaired) electrons. The Balaban J connectivity index is 1.43. The second kappa shape index (κ2) is 11.6. The van der Waals surface area contributed by atoms with Crippen molar-refractivity contribution in [2.45, 2.75) is 12.3 Å². The zero-order valence-corrected chi connectivity index (χ0v) is 19.8. The highest BCUT2D eigenvalue weighted by Gasteiger charge is 2.21. The Kier molecular flexibility index (Phi) is 7.82. The van der Waals surface area contributed by atoms with E-state index in [-0.39, 0.29) is 5.91 Å². The zero-order valence-electron chi connectivity index (χ0n) is 19.8. The molecule has 2 N–H and O–H groups in total. The molecule has 8 heteroatoms. The monoisotopic (exact) mass is 475 g/mol. The van der Waals surface area contributed by atoms with Crippen LogP contribution in [-0.2, 0) is 18.3 Å². The molecule has 0 aliphatic carbocycles. The summed E-state index contributed by atoms with van der Waals surface area (Å²) in [4.78, 5) is 17.7. The van der Waals surface area contributed by atoms with E-state index in [0.717, 1.165) is 28.7 Å². The van der Waals surface area contributed by atoms with Gasteiger partial charge in [0.05, 0.1) is 35.4 Å². The van der Waals surface area contributed by atoms with Crippen molar-refractivity contribution in [3.8, 4) is 23.3 Å². The predicted octanol–water partition coefficient (Wildman–Crippen LogP) is 3.78. The molecule has 2 aromatic carbocycles. The van der Waals surface area contributed by atoms with Gasteiger partial charge in [-0.15, -0.1) is 0 Å². The van der Waals surface area contributed by atoms with Crippen LogP contribution in [0.1, 0.15) is 28.2 Å². The maximum atomic E-state index is 13.3. The van der Waals surface area contributed by atoms with Crippen LogP contribution in [0.25, 0.3) is 11.1 Å². The summed E-state index contributed by atoms with van der Waals surface area (Å²) < 4.78 is 1.72. The second-order valence-corrected chi connectivity index (χ2v) is 8.38. The number of benzene rings is 2. The molecule has 0 aliphatic rings. The minimum Gasteiger partial charge on any atom is -0.315 e. The molecule has 1 unspecified atom stereocenters. The van der Waals surface area contributed by atoms with E-state index in [1.807, 2.05) is 37.5 Å². The quantitative estimate of drug-likeness (QED) is 0.356. The van der Waals surface area contributed by atoms with E-state index in [9.17, 15) is 10.1 Å². The predicted molar refractivity (Wildman–Crippen MR) is 137 cm³/mol. The smallest absolute Gasteiger partial charge is 0.234 e. The summed E-state index contributed by atoms with van der Waals surface area (Å²) in [6, 6.07) is 22.5. The fourth-order valence-electron chi connectivity index (χ4n) is 3.83. The van der Waals surface area contributed by atoms with E-state index in [0.29, 0.717) is 30.0 Å². The van der Waals surface area contributed by atoms with Crippen LogP contribution in [0.4, 0.5) is 5.82 Å². The largest absolute Gasteiger partial charge is 0.315 e. The van der Waals surface area contributed by atoms with Crippen LogP contribution < -0.4 is 10.6 Å². The number of hydrogen-bond donors (Lipinski definition) is 2. The molecule has 178 valence electrons. The Morgan fingerprint density at radius 1 is 1.00 bits per heavy atom. The van der Waals surface area contributed by atoms with Gasteiger partial charge in [0.2, 0.25) is 5.91 Å². The van der Waals surface area contributed by atoms with Gasteiger partial charge in [-0.25, -0.2) is 4.98 Å². The second-order valence-electron chi connectivity index (χ2n) is 8.38. The van der Waals surface area contributed by atoms with Crippen molar-refractivity contribution in [2.75, 3.05) is 18.4 Å². The third-order valence-electron chi connectivity index (χ3n) is 5.81. The molecule has 0 spiro atoms. The Hall–Kier alpha value is -4.79. The van der Waals surface area contributed by atoms with Crippen LogP contribution in [0.3, 0.4) is 0 Å². The molecule has 36 heavy (non-hydrogen) atoms. The van der Waals surface area contributed by atoms with Gasteiger partial charge in [0.25, 0.3) is 0 Å². The fraction of sp³-hybridized carbons (Fsp3) is 0.179. The molecular formula is C28H25N7O. The third-order valence-corrected chi connectivity index (χ3v) is 5.81. The van der Waals surface area contributed by atoms with E-state index < -0.39 is 5.92 Å². The van der Waals surface area contributed by atoms with Crippen molar-refractivity contribution in [3.63, 3.8) is 0 Å².